The summed E-state index contributed by atoms with van der Waals surface area (Å²) in [5, 5.41) is 10.2. The van der Waals surface area contributed by atoms with Gasteiger partial charge in [-0.15, -0.1) is 0 Å². The van der Waals surface area contributed by atoms with Crippen molar-refractivity contribution in [1.29, 1.82) is 0 Å². The van der Waals surface area contributed by atoms with Crippen molar-refractivity contribution in [3.8, 4) is 11.5 Å². The highest BCUT2D eigenvalue weighted by Gasteiger charge is 2.13. The predicted octanol–water partition coefficient (Wildman–Crippen LogP) is 3.56. The van der Waals surface area contributed by atoms with Crippen molar-refractivity contribution < 1.29 is 18.7 Å². The Bertz CT molecular complexity index is 1010. The number of nitrogens with zero attached hydrogens (tertiary/aromatic N) is 1. The van der Waals surface area contributed by atoms with Crippen LogP contribution < -0.4 is 14.8 Å². The van der Waals surface area contributed by atoms with Crippen LogP contribution >= 0.6 is 0 Å². The summed E-state index contributed by atoms with van der Waals surface area (Å²) in [6.45, 7) is 1.56. The average Bonchev–Trinajstić information content (AvgIpc) is 3.19. The van der Waals surface area contributed by atoms with Crippen LogP contribution in [0.25, 0.3) is 23.1 Å². The van der Waals surface area contributed by atoms with E-state index in [2.05, 4.69) is 15.5 Å². The molecule has 2 aromatic carbocycles. The number of halogens is 1. The third-order valence-corrected chi connectivity index (χ3v) is 3.82. The molecule has 0 spiro atoms. The highest BCUT2D eigenvalue weighted by atomic mass is 19.1. The predicted molar refractivity (Wildman–Crippen MR) is 91.8 cm³/mol. The molecule has 7 heteroatoms. The smallest absolute Gasteiger partial charge is 0.231 e. The molecule has 0 atom stereocenters. The second kappa shape index (κ2) is 5.94. The van der Waals surface area contributed by atoms with Crippen LogP contribution in [0.4, 0.5) is 10.1 Å². The number of amides is 1. The summed E-state index contributed by atoms with van der Waals surface area (Å²) in [5.74, 6) is 0.568. The van der Waals surface area contributed by atoms with Crippen molar-refractivity contribution in [2.24, 2.45) is 0 Å². The minimum absolute atomic E-state index is 0.124. The number of fused-ring (bicyclic) bond motifs is 2. The van der Waals surface area contributed by atoms with E-state index in [-0.39, 0.29) is 18.4 Å². The number of H-pyrrole nitrogens is 1. The minimum atomic E-state index is -0.516. The Kier molecular flexibility index (Phi) is 3.61. The molecule has 6 nitrogen and oxygen atoms in total. The van der Waals surface area contributed by atoms with Gasteiger partial charge >= 0.3 is 0 Å². The lowest BCUT2D eigenvalue weighted by Gasteiger charge is -2.03. The van der Waals surface area contributed by atoms with E-state index in [1.807, 2.05) is 30.4 Å². The van der Waals surface area contributed by atoms with E-state index in [0.717, 1.165) is 11.3 Å². The van der Waals surface area contributed by atoms with Gasteiger partial charge in [-0.05, 0) is 29.8 Å². The summed E-state index contributed by atoms with van der Waals surface area (Å²) < 4.78 is 24.6. The van der Waals surface area contributed by atoms with E-state index >= 15 is 0 Å². The summed E-state index contributed by atoms with van der Waals surface area (Å²) in [7, 11) is 0. The molecule has 4 rings (SSSR count). The first kappa shape index (κ1) is 15.2. The fraction of sp³-hybridized carbons (Fsp3) is 0.111. The molecule has 1 aliphatic rings. The first-order valence-electron chi connectivity index (χ1n) is 7.63. The maximum absolute atomic E-state index is 14.0. The van der Waals surface area contributed by atoms with Gasteiger partial charge in [0, 0.05) is 18.4 Å². The molecule has 2 heterocycles. The molecule has 0 unspecified atom stereocenters. The molecule has 0 saturated carbocycles. The van der Waals surface area contributed by atoms with Gasteiger partial charge in [-0.25, -0.2) is 4.39 Å². The van der Waals surface area contributed by atoms with Gasteiger partial charge in [0.1, 0.15) is 5.82 Å². The van der Waals surface area contributed by atoms with Gasteiger partial charge in [0.15, 0.2) is 11.5 Å². The Morgan fingerprint density at radius 3 is 2.92 bits per heavy atom. The van der Waals surface area contributed by atoms with Gasteiger partial charge in [0.25, 0.3) is 0 Å². The fourth-order valence-electron chi connectivity index (χ4n) is 2.66. The summed E-state index contributed by atoms with van der Waals surface area (Å²) >= 11 is 0. The van der Waals surface area contributed by atoms with Crippen LogP contribution in [0.5, 0.6) is 11.5 Å². The zero-order valence-electron chi connectivity index (χ0n) is 13.3. The molecular formula is C18H14FN3O3. The lowest BCUT2D eigenvalue weighted by atomic mass is 10.1. The molecule has 3 aromatic rings. The van der Waals surface area contributed by atoms with E-state index in [1.54, 1.807) is 6.07 Å². The molecule has 126 valence electrons. The molecule has 0 bridgehead atoms. The number of carbonyl (C=O) groups excluding carboxylic acids is 1. The standard InChI is InChI=1S/C18H14FN3O3/c1-10(23)20-16-7-12-14(21-22-15(12)8-13(16)19)4-2-11-3-5-17-18(6-11)25-9-24-17/h2-8H,9H2,1H3,(H,20,23)(H,21,22)/b4-2+. The zero-order chi connectivity index (χ0) is 17.4. The molecule has 1 aliphatic heterocycles. The van der Waals surface area contributed by atoms with Gasteiger partial charge in [-0.2, -0.15) is 5.10 Å². The molecular weight excluding hydrogens is 325 g/mol. The van der Waals surface area contributed by atoms with Crippen molar-refractivity contribution in [3.05, 3.63) is 47.4 Å². The minimum Gasteiger partial charge on any atom is -0.454 e. The average molecular weight is 339 g/mol. The third kappa shape index (κ3) is 2.91. The molecule has 0 saturated heterocycles. The summed E-state index contributed by atoms with van der Waals surface area (Å²) in [5.41, 5.74) is 2.24. The molecule has 25 heavy (non-hydrogen) atoms. The lowest BCUT2D eigenvalue weighted by molar-refractivity contribution is -0.114. The first-order chi connectivity index (χ1) is 12.1. The molecule has 1 aromatic heterocycles. The number of hydrogen-bond donors (Lipinski definition) is 2. The lowest BCUT2D eigenvalue weighted by Crippen LogP contribution is -2.07. The second-order valence-electron chi connectivity index (χ2n) is 5.61. The molecule has 0 radical (unpaired) electrons. The summed E-state index contributed by atoms with van der Waals surface area (Å²) in [4.78, 5) is 11.2. The Balaban J connectivity index is 1.68. The maximum Gasteiger partial charge on any atom is 0.231 e. The number of nitrogens with one attached hydrogen (secondary N) is 2. The second-order valence-corrected chi connectivity index (χ2v) is 5.61. The Morgan fingerprint density at radius 2 is 2.08 bits per heavy atom. The number of hydrogen-bond acceptors (Lipinski definition) is 4. The Labute approximate surface area is 142 Å². The van der Waals surface area contributed by atoms with Gasteiger partial charge in [0.2, 0.25) is 12.7 Å². The number of anilines is 1. The number of rotatable bonds is 3. The van der Waals surface area contributed by atoms with E-state index in [1.165, 1.54) is 13.0 Å². The highest BCUT2D eigenvalue weighted by Crippen LogP contribution is 2.33. The SMILES string of the molecule is CC(=O)Nc1cc2c(/C=C/c3ccc4c(c3)OCO4)n[nH]c2cc1F. The Morgan fingerprint density at radius 1 is 1.24 bits per heavy atom. The summed E-state index contributed by atoms with van der Waals surface area (Å²) in [6.07, 6.45) is 3.69. The number of carbonyl (C=O) groups is 1. The molecule has 1 amide bonds. The van der Waals surface area contributed by atoms with Gasteiger partial charge in [-0.3, -0.25) is 9.89 Å². The van der Waals surface area contributed by atoms with Crippen molar-refractivity contribution in [3.63, 3.8) is 0 Å². The van der Waals surface area contributed by atoms with E-state index in [9.17, 15) is 9.18 Å². The molecule has 0 fully saturated rings. The van der Waals surface area contributed by atoms with Gasteiger partial charge in [0.05, 0.1) is 16.9 Å². The summed E-state index contributed by atoms with van der Waals surface area (Å²) in [6, 6.07) is 8.49. The van der Waals surface area contributed by atoms with Crippen LogP contribution in [0.1, 0.15) is 18.2 Å². The normalized spacial score (nSPS) is 12.9. The monoisotopic (exact) mass is 339 g/mol. The Hall–Kier alpha value is -3.35. The van der Waals surface area contributed by atoms with Crippen molar-refractivity contribution >= 4 is 34.6 Å². The van der Waals surface area contributed by atoms with Crippen LogP contribution in [0, 0.1) is 5.82 Å². The number of aromatic nitrogens is 2. The first-order valence-corrected chi connectivity index (χ1v) is 7.63. The van der Waals surface area contributed by atoms with E-state index < -0.39 is 5.82 Å². The van der Waals surface area contributed by atoms with E-state index in [4.69, 9.17) is 9.47 Å². The van der Waals surface area contributed by atoms with Gasteiger partial charge in [-0.1, -0.05) is 12.1 Å². The van der Waals surface area contributed by atoms with Crippen LogP contribution in [-0.2, 0) is 4.79 Å². The van der Waals surface area contributed by atoms with Crippen molar-refractivity contribution in [1.82, 2.24) is 10.2 Å². The van der Waals surface area contributed by atoms with Gasteiger partial charge < -0.3 is 14.8 Å². The zero-order valence-corrected chi connectivity index (χ0v) is 13.3. The number of benzene rings is 2. The largest absolute Gasteiger partial charge is 0.454 e. The van der Waals surface area contributed by atoms with Crippen molar-refractivity contribution in [2.75, 3.05) is 12.1 Å². The van der Waals surface area contributed by atoms with Crippen LogP contribution in [0.15, 0.2) is 30.3 Å². The third-order valence-electron chi connectivity index (χ3n) is 3.82. The van der Waals surface area contributed by atoms with Crippen LogP contribution in [0.3, 0.4) is 0 Å². The molecule has 0 aliphatic carbocycles. The topological polar surface area (TPSA) is 76.2 Å². The van der Waals surface area contributed by atoms with Crippen LogP contribution in [0.2, 0.25) is 0 Å². The molecule has 2 N–H and O–H groups in total. The fourth-order valence-corrected chi connectivity index (χ4v) is 2.66. The highest BCUT2D eigenvalue weighted by molar-refractivity contribution is 5.95. The quantitative estimate of drug-likeness (QED) is 0.765. The van der Waals surface area contributed by atoms with Crippen LogP contribution in [-0.4, -0.2) is 22.9 Å². The number of ether oxygens (including phenoxy) is 2. The maximum atomic E-state index is 14.0. The number of aromatic amines is 1. The van der Waals surface area contributed by atoms with E-state index in [0.29, 0.717) is 22.3 Å². The van der Waals surface area contributed by atoms with Crippen molar-refractivity contribution in [2.45, 2.75) is 6.92 Å².